The number of hydrogen-bond donors (Lipinski definition) is 3. The van der Waals surface area contributed by atoms with Gasteiger partial charge in [-0.15, -0.1) is 0 Å². The van der Waals surface area contributed by atoms with Crippen LogP contribution in [0.3, 0.4) is 0 Å². The molecule has 0 amide bonds. The number of halogens is 3. The monoisotopic (exact) mass is 568 g/mol. The lowest BCUT2D eigenvalue weighted by molar-refractivity contribution is 0.203. The lowest BCUT2D eigenvalue weighted by Crippen LogP contribution is -2.51. The fourth-order valence-corrected chi connectivity index (χ4v) is 6.64. The van der Waals surface area contributed by atoms with Crippen molar-refractivity contribution in [3.8, 4) is 17.1 Å². The van der Waals surface area contributed by atoms with Crippen LogP contribution in [0.15, 0.2) is 30.5 Å². The van der Waals surface area contributed by atoms with Crippen LogP contribution in [-0.4, -0.2) is 50.3 Å². The van der Waals surface area contributed by atoms with Crippen molar-refractivity contribution >= 4 is 55.0 Å². The zero-order valence-corrected chi connectivity index (χ0v) is 22.3. The first kappa shape index (κ1) is 24.4. The molecule has 2 aliphatic rings. The Kier molecular flexibility index (Phi) is 5.79. The zero-order chi connectivity index (χ0) is 26.8. The Morgan fingerprint density at radius 2 is 1.92 bits per heavy atom. The maximum Gasteiger partial charge on any atom is 0.319 e. The minimum Gasteiger partial charge on any atom is -0.454 e. The number of rotatable bonds is 5. The second kappa shape index (κ2) is 9.25. The predicted octanol–water partition coefficient (Wildman–Crippen LogP) is 5.22. The maximum absolute atomic E-state index is 16.5. The van der Waals surface area contributed by atoms with E-state index in [2.05, 4.69) is 30.4 Å². The van der Waals surface area contributed by atoms with Gasteiger partial charge in [-0.3, -0.25) is 5.10 Å². The highest BCUT2D eigenvalue weighted by Gasteiger charge is 2.34. The molecule has 0 aliphatic carbocycles. The number of hydrogen-bond acceptors (Lipinski definition) is 9. The second-order valence-corrected chi connectivity index (χ2v) is 11.4. The summed E-state index contributed by atoms with van der Waals surface area (Å²) in [5, 5.41) is 11.2. The molecular formula is C26H23ClF2N8OS. The third kappa shape index (κ3) is 4.14. The van der Waals surface area contributed by atoms with Crippen LogP contribution >= 0.6 is 22.9 Å². The van der Waals surface area contributed by atoms with Gasteiger partial charge in [0.05, 0.1) is 20.9 Å². The molecule has 2 bridgehead atoms. The van der Waals surface area contributed by atoms with E-state index in [9.17, 15) is 4.39 Å². The lowest BCUT2D eigenvalue weighted by Gasteiger charge is -2.34. The van der Waals surface area contributed by atoms with Crippen molar-refractivity contribution in [3.05, 3.63) is 52.8 Å². The Morgan fingerprint density at radius 3 is 2.67 bits per heavy atom. The van der Waals surface area contributed by atoms with Crippen LogP contribution in [0.4, 0.5) is 19.7 Å². The summed E-state index contributed by atoms with van der Waals surface area (Å²) in [6.07, 6.45) is 3.31. The van der Waals surface area contributed by atoms with Crippen LogP contribution in [0, 0.1) is 11.6 Å². The normalized spacial score (nSPS) is 19.7. The summed E-state index contributed by atoms with van der Waals surface area (Å²) in [6, 6.07) is 6.85. The van der Waals surface area contributed by atoms with Crippen molar-refractivity contribution in [2.75, 3.05) is 23.7 Å². The third-order valence-electron chi connectivity index (χ3n) is 7.38. The Bertz CT molecular complexity index is 1720. The number of ether oxygens (including phenoxy) is 1. The number of benzene rings is 2. The SMILES string of the molecule is CC(Oc1nc(N2CC3CCC(C2)N3)c2cc(Cl)c(-c3ccc(F)c4sc(N)nc34)c(F)c2n1)c1ccn[nH]1. The molecule has 2 aliphatic heterocycles. The van der Waals surface area contributed by atoms with Gasteiger partial charge in [0.1, 0.15) is 23.3 Å². The number of piperazine rings is 1. The van der Waals surface area contributed by atoms with Crippen molar-refractivity contribution < 1.29 is 13.5 Å². The molecule has 0 saturated carbocycles. The van der Waals surface area contributed by atoms with Crippen LogP contribution in [0.5, 0.6) is 6.01 Å². The largest absolute Gasteiger partial charge is 0.454 e. The first-order valence-electron chi connectivity index (χ1n) is 12.6. The molecule has 2 aromatic carbocycles. The number of nitrogen functional groups attached to an aromatic ring is 1. The molecule has 200 valence electrons. The zero-order valence-electron chi connectivity index (χ0n) is 20.7. The fourth-order valence-electron chi connectivity index (χ4n) is 5.58. The summed E-state index contributed by atoms with van der Waals surface area (Å²) >= 11 is 7.74. The van der Waals surface area contributed by atoms with Crippen molar-refractivity contribution in [2.45, 2.75) is 38.0 Å². The van der Waals surface area contributed by atoms with E-state index in [0.717, 1.165) is 43.0 Å². The molecule has 2 fully saturated rings. The van der Waals surface area contributed by atoms with Crippen LogP contribution < -0.4 is 20.7 Å². The molecule has 3 aromatic heterocycles. The van der Waals surface area contributed by atoms with Gasteiger partial charge >= 0.3 is 6.01 Å². The summed E-state index contributed by atoms with van der Waals surface area (Å²) < 4.78 is 37.3. The standard InChI is InChI=1S/C26H23ClF2N8OS/c1-11(18-6-7-31-36-18)38-26-34-21-15(24(35-26)37-9-12-2-3-13(10-37)32-12)8-16(27)19(20(21)29)14-4-5-17(28)23-22(14)33-25(30)39-23/h4-8,11-13,32H,2-3,9-10H2,1H3,(H2,30,33)(H,31,36). The number of H-pyrrole nitrogens is 1. The van der Waals surface area contributed by atoms with Crippen molar-refractivity contribution in [3.63, 3.8) is 0 Å². The minimum absolute atomic E-state index is 0.0276. The molecule has 39 heavy (non-hydrogen) atoms. The molecular weight excluding hydrogens is 546 g/mol. The maximum atomic E-state index is 16.5. The van der Waals surface area contributed by atoms with Gasteiger partial charge in [0.2, 0.25) is 0 Å². The molecule has 5 heterocycles. The summed E-state index contributed by atoms with van der Waals surface area (Å²) in [6.45, 7) is 3.27. The van der Waals surface area contributed by atoms with Crippen molar-refractivity contribution in [1.29, 1.82) is 0 Å². The van der Waals surface area contributed by atoms with Crippen LogP contribution in [0.1, 0.15) is 31.6 Å². The molecule has 7 rings (SSSR count). The molecule has 2 saturated heterocycles. The number of thiazole rings is 1. The molecule has 4 N–H and O–H groups in total. The van der Waals surface area contributed by atoms with E-state index in [0.29, 0.717) is 28.9 Å². The Morgan fingerprint density at radius 1 is 1.13 bits per heavy atom. The van der Waals surface area contributed by atoms with Crippen molar-refractivity contribution in [1.82, 2.24) is 30.5 Å². The summed E-state index contributed by atoms with van der Waals surface area (Å²) in [5.74, 6) is -0.598. The summed E-state index contributed by atoms with van der Waals surface area (Å²) in [4.78, 5) is 15.7. The van der Waals surface area contributed by atoms with E-state index in [4.69, 9.17) is 27.1 Å². The number of nitrogens with two attached hydrogens (primary N) is 1. The quantitative estimate of drug-likeness (QED) is 0.264. The first-order chi connectivity index (χ1) is 18.9. The second-order valence-electron chi connectivity index (χ2n) is 9.91. The minimum atomic E-state index is -0.669. The van der Waals surface area contributed by atoms with Crippen molar-refractivity contribution in [2.24, 2.45) is 0 Å². The topological polar surface area (TPSA) is 118 Å². The van der Waals surface area contributed by atoms with E-state index in [1.54, 1.807) is 18.3 Å². The molecule has 13 heteroatoms. The van der Waals surface area contributed by atoms with Gasteiger partial charge in [0, 0.05) is 47.9 Å². The van der Waals surface area contributed by atoms with E-state index >= 15 is 4.39 Å². The van der Waals surface area contributed by atoms with Gasteiger partial charge in [-0.05, 0) is 44.0 Å². The number of fused-ring (bicyclic) bond motifs is 4. The number of nitrogens with one attached hydrogen (secondary N) is 2. The first-order valence-corrected chi connectivity index (χ1v) is 13.8. The predicted molar refractivity (Wildman–Crippen MR) is 147 cm³/mol. The number of anilines is 2. The van der Waals surface area contributed by atoms with Gasteiger partial charge in [0.15, 0.2) is 10.9 Å². The Hall–Kier alpha value is -3.61. The molecule has 3 unspecified atom stereocenters. The highest BCUT2D eigenvalue weighted by Crippen LogP contribution is 2.43. The van der Waals surface area contributed by atoms with E-state index in [-0.39, 0.29) is 37.5 Å². The molecule has 3 atom stereocenters. The van der Waals surface area contributed by atoms with Crippen LogP contribution in [0.2, 0.25) is 5.02 Å². The Balaban J connectivity index is 1.42. The fraction of sp³-hybridized carbons (Fsp3) is 0.308. The highest BCUT2D eigenvalue weighted by atomic mass is 35.5. The summed E-state index contributed by atoms with van der Waals surface area (Å²) in [5.41, 5.74) is 7.29. The van der Waals surface area contributed by atoms with Gasteiger partial charge in [-0.1, -0.05) is 22.9 Å². The number of nitrogens with zero attached hydrogens (tertiary/aromatic N) is 5. The lowest BCUT2D eigenvalue weighted by atomic mass is 10.0. The van der Waals surface area contributed by atoms with Crippen LogP contribution in [-0.2, 0) is 0 Å². The third-order valence-corrected chi connectivity index (χ3v) is 8.57. The van der Waals surface area contributed by atoms with Gasteiger partial charge in [-0.25, -0.2) is 13.8 Å². The van der Waals surface area contributed by atoms with E-state index < -0.39 is 17.7 Å². The average Bonchev–Trinajstić information content (AvgIpc) is 3.66. The van der Waals surface area contributed by atoms with Crippen LogP contribution in [0.25, 0.3) is 32.2 Å². The van der Waals surface area contributed by atoms with E-state index in [1.165, 1.54) is 12.1 Å². The highest BCUT2D eigenvalue weighted by molar-refractivity contribution is 7.22. The molecule has 0 radical (unpaired) electrons. The molecule has 9 nitrogen and oxygen atoms in total. The Labute approximate surface area is 230 Å². The smallest absolute Gasteiger partial charge is 0.319 e. The molecule has 0 spiro atoms. The number of aromatic nitrogens is 5. The average molecular weight is 569 g/mol. The van der Waals surface area contributed by atoms with E-state index in [1.807, 2.05) is 6.92 Å². The summed E-state index contributed by atoms with van der Waals surface area (Å²) in [7, 11) is 0. The number of aromatic amines is 1. The van der Waals surface area contributed by atoms with Gasteiger partial charge in [0.25, 0.3) is 0 Å². The molecule has 5 aromatic rings. The van der Waals surface area contributed by atoms with Gasteiger partial charge < -0.3 is 20.7 Å². The van der Waals surface area contributed by atoms with Gasteiger partial charge in [-0.2, -0.15) is 15.1 Å².